The second kappa shape index (κ2) is 8.12. The van der Waals surface area contributed by atoms with E-state index in [0.717, 1.165) is 0 Å². The third-order valence-corrected chi connectivity index (χ3v) is 5.80. The molecule has 2 aromatic rings. The molecule has 1 aliphatic heterocycles. The van der Waals surface area contributed by atoms with E-state index in [2.05, 4.69) is 26.9 Å². The van der Waals surface area contributed by atoms with Crippen molar-refractivity contribution in [1.29, 1.82) is 0 Å². The van der Waals surface area contributed by atoms with E-state index in [-0.39, 0.29) is 6.61 Å². The van der Waals surface area contributed by atoms with Crippen LogP contribution in [0.2, 0.25) is 0 Å². The Morgan fingerprint density at radius 3 is 2.68 bits per heavy atom. The first-order valence-corrected chi connectivity index (χ1v) is 9.80. The van der Waals surface area contributed by atoms with Crippen LogP contribution in [0.15, 0.2) is 18.9 Å². The molecule has 0 amide bonds. The topological polar surface area (TPSA) is 117 Å². The molecule has 9 heteroatoms. The number of ether oxygens (including phenoxy) is 1. The average molecular weight is 389 g/mol. The second-order valence-corrected chi connectivity index (χ2v) is 7.58. The van der Waals surface area contributed by atoms with Gasteiger partial charge in [-0.3, -0.25) is 4.57 Å². The molecule has 0 bridgehead atoms. The van der Waals surface area contributed by atoms with Gasteiger partial charge in [-0.1, -0.05) is 19.3 Å². The number of aromatic nitrogens is 4. The third-order valence-electron chi connectivity index (χ3n) is 5.80. The number of hydrogen-bond donors (Lipinski definition) is 3. The molecule has 0 radical (unpaired) electrons. The van der Waals surface area contributed by atoms with E-state index in [1.54, 1.807) is 4.57 Å². The van der Waals surface area contributed by atoms with Crippen molar-refractivity contribution in [2.45, 2.75) is 62.7 Å². The smallest absolute Gasteiger partial charge is 0.166 e. The van der Waals surface area contributed by atoms with Gasteiger partial charge < -0.3 is 25.0 Å². The zero-order chi connectivity index (χ0) is 19.7. The SMILES string of the molecule is CN(/C=C/c1ncnc2c1ncn2[C@@H]1O[C@H](CO)[C@@H](O)[C@H]1O)C1CCCCC1. The van der Waals surface area contributed by atoms with Crippen LogP contribution in [0, 0.1) is 0 Å². The maximum atomic E-state index is 10.3. The van der Waals surface area contributed by atoms with E-state index in [4.69, 9.17) is 4.74 Å². The van der Waals surface area contributed by atoms with Crippen molar-refractivity contribution in [1.82, 2.24) is 24.4 Å². The van der Waals surface area contributed by atoms with Crippen LogP contribution in [0.5, 0.6) is 0 Å². The molecule has 1 aliphatic carbocycles. The summed E-state index contributed by atoms with van der Waals surface area (Å²) in [5.74, 6) is 0. The summed E-state index contributed by atoms with van der Waals surface area (Å²) in [6, 6.07) is 0.554. The van der Waals surface area contributed by atoms with Crippen molar-refractivity contribution >= 4 is 17.2 Å². The highest BCUT2D eigenvalue weighted by Gasteiger charge is 2.43. The van der Waals surface area contributed by atoms with Crippen molar-refractivity contribution in [2.24, 2.45) is 0 Å². The summed E-state index contributed by atoms with van der Waals surface area (Å²) in [6.45, 7) is -0.377. The van der Waals surface area contributed by atoms with Gasteiger partial charge in [0.2, 0.25) is 0 Å². The summed E-state index contributed by atoms with van der Waals surface area (Å²) < 4.78 is 7.16. The molecule has 3 heterocycles. The Hall–Kier alpha value is -2.07. The predicted molar refractivity (Wildman–Crippen MR) is 102 cm³/mol. The Kier molecular flexibility index (Phi) is 5.58. The van der Waals surface area contributed by atoms with Crippen molar-refractivity contribution in [3.63, 3.8) is 0 Å². The molecule has 0 spiro atoms. The third kappa shape index (κ3) is 3.50. The number of rotatable bonds is 5. The standard InChI is InChI=1S/C19H27N5O4/c1-23(12-5-3-2-4-6-12)8-7-13-15-18(21-10-20-13)24(11-22-15)19-17(27)16(26)14(9-25)28-19/h7-8,10-12,14,16-17,19,25-27H,2-6,9H2,1H3/b8-7+/t14-,16-,17-,19-/m1/s1. The molecule has 4 atom stereocenters. The molecule has 2 fully saturated rings. The normalized spacial score (nSPS) is 29.1. The predicted octanol–water partition coefficient (Wildman–Crippen LogP) is 0.673. The Balaban J connectivity index is 1.58. The highest BCUT2D eigenvalue weighted by Crippen LogP contribution is 2.31. The summed E-state index contributed by atoms with van der Waals surface area (Å²) in [6.07, 6.45) is 9.14. The molecule has 3 N–H and O–H groups in total. The van der Waals surface area contributed by atoms with Crippen LogP contribution in [-0.2, 0) is 4.74 Å². The zero-order valence-corrected chi connectivity index (χ0v) is 15.9. The molecule has 4 rings (SSSR count). The van der Waals surface area contributed by atoms with Crippen molar-refractivity contribution in [2.75, 3.05) is 13.7 Å². The van der Waals surface area contributed by atoms with Crippen molar-refractivity contribution in [3.8, 4) is 0 Å². The lowest BCUT2D eigenvalue weighted by molar-refractivity contribution is -0.0511. The first-order valence-electron chi connectivity index (χ1n) is 9.80. The Morgan fingerprint density at radius 1 is 1.18 bits per heavy atom. The highest BCUT2D eigenvalue weighted by atomic mass is 16.6. The van der Waals surface area contributed by atoms with E-state index in [0.29, 0.717) is 22.9 Å². The number of fused-ring (bicyclic) bond motifs is 1. The number of hydrogen-bond acceptors (Lipinski definition) is 8. The summed E-state index contributed by atoms with van der Waals surface area (Å²) in [4.78, 5) is 15.2. The van der Waals surface area contributed by atoms with Crippen molar-refractivity contribution in [3.05, 3.63) is 24.5 Å². The Labute approximate surface area is 163 Å². The first kappa shape index (κ1) is 19.3. The molecule has 0 unspecified atom stereocenters. The summed E-state index contributed by atoms with van der Waals surface area (Å²) in [7, 11) is 2.09. The van der Waals surface area contributed by atoms with Gasteiger partial charge in [0.05, 0.1) is 18.6 Å². The largest absolute Gasteiger partial charge is 0.394 e. The molecule has 9 nitrogen and oxygen atoms in total. The minimum absolute atomic E-state index is 0.377. The lowest BCUT2D eigenvalue weighted by Gasteiger charge is -2.30. The highest BCUT2D eigenvalue weighted by molar-refractivity contribution is 5.79. The van der Waals surface area contributed by atoms with E-state index in [1.807, 2.05) is 12.3 Å². The molecule has 2 aliphatic rings. The number of aliphatic hydroxyl groups excluding tert-OH is 3. The van der Waals surface area contributed by atoms with E-state index >= 15 is 0 Å². The quantitative estimate of drug-likeness (QED) is 0.683. The lowest BCUT2D eigenvalue weighted by atomic mass is 9.95. The van der Waals surface area contributed by atoms with Crippen LogP contribution in [0.1, 0.15) is 44.0 Å². The van der Waals surface area contributed by atoms with Crippen LogP contribution in [0.4, 0.5) is 0 Å². The molecule has 152 valence electrons. The fraction of sp³-hybridized carbons (Fsp3) is 0.632. The molecule has 0 aromatic carbocycles. The Bertz CT molecular complexity index is 835. The number of aliphatic hydroxyl groups is 3. The van der Waals surface area contributed by atoms with E-state index < -0.39 is 24.5 Å². The monoisotopic (exact) mass is 389 g/mol. The van der Waals surface area contributed by atoms with Crippen LogP contribution in [0.3, 0.4) is 0 Å². The van der Waals surface area contributed by atoms with E-state index in [1.165, 1.54) is 44.8 Å². The fourth-order valence-electron chi connectivity index (χ4n) is 4.09. The summed E-state index contributed by atoms with van der Waals surface area (Å²) in [5.41, 5.74) is 1.77. The van der Waals surface area contributed by atoms with Gasteiger partial charge in [0, 0.05) is 19.3 Å². The minimum atomic E-state index is -1.18. The molecular formula is C19H27N5O4. The summed E-state index contributed by atoms with van der Waals surface area (Å²) >= 11 is 0. The van der Waals surface area contributed by atoms with Crippen LogP contribution >= 0.6 is 0 Å². The van der Waals surface area contributed by atoms with Gasteiger partial charge in [-0.15, -0.1) is 0 Å². The van der Waals surface area contributed by atoms with Crippen LogP contribution in [-0.4, -0.2) is 77.7 Å². The van der Waals surface area contributed by atoms with Crippen LogP contribution < -0.4 is 0 Å². The maximum Gasteiger partial charge on any atom is 0.166 e. The molecule has 28 heavy (non-hydrogen) atoms. The number of imidazole rings is 1. The molecule has 1 saturated carbocycles. The average Bonchev–Trinajstić information content (AvgIpc) is 3.28. The maximum absolute atomic E-state index is 10.3. The van der Waals surface area contributed by atoms with Gasteiger partial charge in [-0.2, -0.15) is 0 Å². The zero-order valence-electron chi connectivity index (χ0n) is 15.9. The second-order valence-electron chi connectivity index (χ2n) is 7.58. The van der Waals surface area contributed by atoms with Gasteiger partial charge >= 0.3 is 0 Å². The number of nitrogens with zero attached hydrogens (tertiary/aromatic N) is 5. The molecule has 2 aromatic heterocycles. The molecule has 1 saturated heterocycles. The van der Waals surface area contributed by atoms with Gasteiger partial charge in [0.25, 0.3) is 0 Å². The minimum Gasteiger partial charge on any atom is -0.394 e. The summed E-state index contributed by atoms with van der Waals surface area (Å²) in [5, 5.41) is 29.6. The Morgan fingerprint density at radius 2 is 1.96 bits per heavy atom. The first-order chi connectivity index (χ1) is 13.6. The fourth-order valence-corrected chi connectivity index (χ4v) is 4.09. The van der Waals surface area contributed by atoms with Crippen molar-refractivity contribution < 1.29 is 20.1 Å². The molecular weight excluding hydrogens is 362 g/mol. The van der Waals surface area contributed by atoms with E-state index in [9.17, 15) is 15.3 Å². The van der Waals surface area contributed by atoms with Gasteiger partial charge in [-0.25, -0.2) is 15.0 Å². The van der Waals surface area contributed by atoms with Gasteiger partial charge in [0.15, 0.2) is 11.9 Å². The van der Waals surface area contributed by atoms with Crippen LogP contribution in [0.25, 0.3) is 17.2 Å². The van der Waals surface area contributed by atoms with Gasteiger partial charge in [-0.05, 0) is 18.9 Å². The van der Waals surface area contributed by atoms with Gasteiger partial charge in [0.1, 0.15) is 30.2 Å². The lowest BCUT2D eigenvalue weighted by Crippen LogP contribution is -2.33.